The van der Waals surface area contributed by atoms with Gasteiger partial charge in [-0.25, -0.2) is 0 Å². The molecule has 0 radical (unpaired) electrons. The molecule has 0 bridgehead atoms. The van der Waals surface area contributed by atoms with Crippen molar-refractivity contribution in [1.82, 2.24) is 5.32 Å². The van der Waals surface area contributed by atoms with Crippen molar-refractivity contribution in [1.29, 1.82) is 5.26 Å². The highest BCUT2D eigenvalue weighted by Gasteiger charge is 2.11. The lowest BCUT2D eigenvalue weighted by atomic mass is 10.0. The summed E-state index contributed by atoms with van der Waals surface area (Å²) in [5, 5.41) is 12.6. The van der Waals surface area contributed by atoms with Crippen molar-refractivity contribution in [3.05, 3.63) is 70.8 Å². The van der Waals surface area contributed by atoms with E-state index in [1.54, 1.807) is 0 Å². The van der Waals surface area contributed by atoms with Crippen molar-refractivity contribution in [2.45, 2.75) is 26.4 Å². The average Bonchev–Trinajstić information content (AvgIpc) is 2.41. The molecule has 2 rings (SSSR count). The van der Waals surface area contributed by atoms with Gasteiger partial charge < -0.3 is 0 Å². The van der Waals surface area contributed by atoms with Crippen molar-refractivity contribution in [2.75, 3.05) is 0 Å². The molecule has 0 heterocycles. The second-order valence-corrected chi connectivity index (χ2v) is 4.79. The first-order valence-electron chi connectivity index (χ1n) is 6.45. The van der Waals surface area contributed by atoms with Gasteiger partial charge in [-0.05, 0) is 30.5 Å². The smallest absolute Gasteiger partial charge is 0.121 e. The van der Waals surface area contributed by atoms with Crippen LogP contribution in [0.25, 0.3) is 0 Å². The van der Waals surface area contributed by atoms with Crippen LogP contribution in [0.4, 0.5) is 0 Å². The third-order valence-electron chi connectivity index (χ3n) is 3.22. The second kappa shape index (κ2) is 6.17. The number of rotatable bonds is 4. The van der Waals surface area contributed by atoms with Crippen LogP contribution < -0.4 is 5.32 Å². The maximum Gasteiger partial charge on any atom is 0.121 e. The van der Waals surface area contributed by atoms with Gasteiger partial charge in [0.15, 0.2) is 0 Å². The maximum atomic E-state index is 9.32. The molecule has 2 aromatic carbocycles. The Morgan fingerprint density at radius 1 is 1.11 bits per heavy atom. The Morgan fingerprint density at radius 2 is 1.89 bits per heavy atom. The number of nitrogens with one attached hydrogen (secondary N) is 1. The number of hydrogen-bond donors (Lipinski definition) is 1. The molecule has 0 spiro atoms. The SMILES string of the molecule is Cc1cccc(CNC(C#N)c2ccccc2C)c1. The summed E-state index contributed by atoms with van der Waals surface area (Å²) in [7, 11) is 0. The van der Waals surface area contributed by atoms with Crippen molar-refractivity contribution in [2.24, 2.45) is 0 Å². The van der Waals surface area contributed by atoms with Gasteiger partial charge in [0.25, 0.3) is 0 Å². The Balaban J connectivity index is 2.09. The Bertz CT molecular complexity index is 596. The minimum Gasteiger partial charge on any atom is -0.294 e. The summed E-state index contributed by atoms with van der Waals surface area (Å²) in [6, 6.07) is 18.4. The summed E-state index contributed by atoms with van der Waals surface area (Å²) in [5.41, 5.74) is 4.64. The number of benzene rings is 2. The monoisotopic (exact) mass is 250 g/mol. The predicted octanol–water partition coefficient (Wildman–Crippen LogP) is 3.66. The Labute approximate surface area is 114 Å². The third kappa shape index (κ3) is 3.43. The van der Waals surface area contributed by atoms with E-state index in [9.17, 15) is 5.26 Å². The largest absolute Gasteiger partial charge is 0.294 e. The zero-order chi connectivity index (χ0) is 13.7. The van der Waals surface area contributed by atoms with E-state index in [2.05, 4.69) is 36.5 Å². The molecule has 19 heavy (non-hydrogen) atoms. The number of hydrogen-bond acceptors (Lipinski definition) is 2. The van der Waals surface area contributed by atoms with E-state index < -0.39 is 0 Å². The summed E-state index contributed by atoms with van der Waals surface area (Å²) in [6.07, 6.45) is 0. The van der Waals surface area contributed by atoms with Gasteiger partial charge in [0.1, 0.15) is 6.04 Å². The molecule has 1 atom stereocenters. The lowest BCUT2D eigenvalue weighted by Gasteiger charge is -2.14. The van der Waals surface area contributed by atoms with E-state index in [0.717, 1.165) is 11.1 Å². The molecule has 0 aliphatic heterocycles. The molecule has 0 saturated heterocycles. The fourth-order valence-corrected chi connectivity index (χ4v) is 2.18. The zero-order valence-corrected chi connectivity index (χ0v) is 11.4. The maximum absolute atomic E-state index is 9.32. The van der Waals surface area contributed by atoms with Crippen LogP contribution in [0.3, 0.4) is 0 Å². The van der Waals surface area contributed by atoms with Crippen LogP contribution in [0.15, 0.2) is 48.5 Å². The van der Waals surface area contributed by atoms with Crippen molar-refractivity contribution in [3.8, 4) is 6.07 Å². The van der Waals surface area contributed by atoms with Gasteiger partial charge in [-0.2, -0.15) is 5.26 Å². The molecular weight excluding hydrogens is 232 g/mol. The van der Waals surface area contributed by atoms with E-state index in [1.807, 2.05) is 37.3 Å². The minimum absolute atomic E-state index is 0.262. The van der Waals surface area contributed by atoms with E-state index in [0.29, 0.717) is 6.54 Å². The first-order chi connectivity index (χ1) is 9.20. The summed E-state index contributed by atoms with van der Waals surface area (Å²) in [5.74, 6) is 0. The minimum atomic E-state index is -0.262. The highest BCUT2D eigenvalue weighted by molar-refractivity contribution is 5.32. The molecule has 2 heteroatoms. The van der Waals surface area contributed by atoms with Gasteiger partial charge in [0.2, 0.25) is 0 Å². The van der Waals surface area contributed by atoms with Crippen LogP contribution in [0.1, 0.15) is 28.3 Å². The van der Waals surface area contributed by atoms with Gasteiger partial charge in [0.05, 0.1) is 6.07 Å². The van der Waals surface area contributed by atoms with Gasteiger partial charge in [-0.15, -0.1) is 0 Å². The normalized spacial score (nSPS) is 11.8. The zero-order valence-electron chi connectivity index (χ0n) is 11.4. The van der Waals surface area contributed by atoms with Gasteiger partial charge in [-0.3, -0.25) is 5.32 Å². The van der Waals surface area contributed by atoms with E-state index in [4.69, 9.17) is 0 Å². The van der Waals surface area contributed by atoms with E-state index >= 15 is 0 Å². The molecule has 1 unspecified atom stereocenters. The highest BCUT2D eigenvalue weighted by atomic mass is 14.9. The molecule has 1 N–H and O–H groups in total. The van der Waals surface area contributed by atoms with Crippen LogP contribution in [-0.2, 0) is 6.54 Å². The second-order valence-electron chi connectivity index (χ2n) is 4.79. The summed E-state index contributed by atoms with van der Waals surface area (Å²) >= 11 is 0. The fourth-order valence-electron chi connectivity index (χ4n) is 2.18. The van der Waals surface area contributed by atoms with Crippen LogP contribution in [0, 0.1) is 25.2 Å². The van der Waals surface area contributed by atoms with Crippen molar-refractivity contribution in [3.63, 3.8) is 0 Å². The van der Waals surface area contributed by atoms with Gasteiger partial charge in [-0.1, -0.05) is 54.1 Å². The quantitative estimate of drug-likeness (QED) is 0.899. The lowest BCUT2D eigenvalue weighted by Crippen LogP contribution is -2.20. The molecule has 96 valence electrons. The van der Waals surface area contributed by atoms with Gasteiger partial charge in [0, 0.05) is 6.54 Å². The Kier molecular flexibility index (Phi) is 4.33. The first kappa shape index (κ1) is 13.3. The number of aryl methyl sites for hydroxylation is 2. The van der Waals surface area contributed by atoms with E-state index in [1.165, 1.54) is 11.1 Å². The summed E-state index contributed by atoms with van der Waals surface area (Å²) in [4.78, 5) is 0. The molecule has 2 nitrogen and oxygen atoms in total. The Morgan fingerprint density at radius 3 is 2.58 bits per heavy atom. The van der Waals surface area contributed by atoms with Crippen molar-refractivity contribution >= 4 is 0 Å². The molecule has 0 aliphatic carbocycles. The van der Waals surface area contributed by atoms with E-state index in [-0.39, 0.29) is 6.04 Å². The number of nitrogens with zero attached hydrogens (tertiary/aromatic N) is 1. The molecule has 0 saturated carbocycles. The molecule has 0 fully saturated rings. The summed E-state index contributed by atoms with van der Waals surface area (Å²) < 4.78 is 0. The van der Waals surface area contributed by atoms with Crippen LogP contribution in [0.2, 0.25) is 0 Å². The molecule has 0 amide bonds. The molecule has 0 aromatic heterocycles. The molecule has 0 aliphatic rings. The number of nitriles is 1. The first-order valence-corrected chi connectivity index (χ1v) is 6.45. The summed E-state index contributed by atoms with van der Waals surface area (Å²) in [6.45, 7) is 4.81. The van der Waals surface area contributed by atoms with Crippen LogP contribution in [0.5, 0.6) is 0 Å². The third-order valence-corrected chi connectivity index (χ3v) is 3.22. The molecular formula is C17H18N2. The predicted molar refractivity (Wildman–Crippen MR) is 77.6 cm³/mol. The Hall–Kier alpha value is -2.11. The average molecular weight is 250 g/mol. The topological polar surface area (TPSA) is 35.8 Å². The standard InChI is InChI=1S/C17H18N2/c1-13-6-5-8-15(10-13)12-19-17(11-18)16-9-4-3-7-14(16)2/h3-10,17,19H,12H2,1-2H3. The fraction of sp³-hybridized carbons (Fsp3) is 0.235. The van der Waals surface area contributed by atoms with Crippen LogP contribution in [-0.4, -0.2) is 0 Å². The lowest BCUT2D eigenvalue weighted by molar-refractivity contribution is 0.627. The van der Waals surface area contributed by atoms with Crippen molar-refractivity contribution < 1.29 is 0 Å². The molecule has 2 aromatic rings. The highest BCUT2D eigenvalue weighted by Crippen LogP contribution is 2.17. The van der Waals surface area contributed by atoms with Gasteiger partial charge >= 0.3 is 0 Å². The van der Waals surface area contributed by atoms with Crippen LogP contribution >= 0.6 is 0 Å².